The summed E-state index contributed by atoms with van der Waals surface area (Å²) in [5.41, 5.74) is -0.613. The minimum atomic E-state index is -3.97. The van der Waals surface area contributed by atoms with Crippen LogP contribution in [0.3, 0.4) is 0 Å². The van der Waals surface area contributed by atoms with E-state index in [-0.39, 0.29) is 24.7 Å². The zero-order valence-electron chi connectivity index (χ0n) is 34.3. The summed E-state index contributed by atoms with van der Waals surface area (Å²) in [7, 11) is -7.93. The molecule has 0 aliphatic carbocycles. The lowest BCUT2D eigenvalue weighted by molar-refractivity contribution is -0.148. The second kappa shape index (κ2) is 18.9. The quantitative estimate of drug-likeness (QED) is 0.0717. The van der Waals surface area contributed by atoms with Gasteiger partial charge in [-0.1, -0.05) is 149 Å². The molecule has 0 heterocycles. The molecule has 57 heavy (non-hydrogen) atoms. The van der Waals surface area contributed by atoms with Gasteiger partial charge in [-0.3, -0.25) is 18.0 Å². The van der Waals surface area contributed by atoms with Crippen molar-refractivity contribution < 1.29 is 34.8 Å². The van der Waals surface area contributed by atoms with Crippen molar-refractivity contribution in [2.45, 2.75) is 77.3 Å². The fourth-order valence-corrected chi connectivity index (χ4v) is 8.67. The van der Waals surface area contributed by atoms with Crippen LogP contribution in [0.15, 0.2) is 121 Å². The molecule has 0 bridgehead atoms. The van der Waals surface area contributed by atoms with Crippen LogP contribution in [0.25, 0.3) is 0 Å². The van der Waals surface area contributed by atoms with Gasteiger partial charge >= 0.3 is 0 Å². The average Bonchev–Trinajstić information content (AvgIpc) is 3.17. The third-order valence-electron chi connectivity index (χ3n) is 10.8. The lowest BCUT2D eigenvalue weighted by Crippen LogP contribution is -2.62. The van der Waals surface area contributed by atoms with E-state index >= 15 is 9.59 Å². The maximum absolute atomic E-state index is 15.4. The van der Waals surface area contributed by atoms with E-state index in [9.17, 15) is 16.8 Å². The number of carbonyl (C=O) groups is 2. The molecule has 0 aromatic heterocycles. The molecule has 0 saturated heterocycles. The van der Waals surface area contributed by atoms with Gasteiger partial charge in [0.15, 0.2) is 0 Å². The lowest BCUT2D eigenvalue weighted by Gasteiger charge is -2.44. The van der Waals surface area contributed by atoms with Crippen LogP contribution >= 0.6 is 0 Å². The molecular weight excluding hydrogens is 761 g/mol. The van der Waals surface area contributed by atoms with Crippen molar-refractivity contribution in [2.24, 2.45) is 17.3 Å². The van der Waals surface area contributed by atoms with Gasteiger partial charge in [0.2, 0.25) is 11.8 Å². The molecule has 4 rings (SSSR count). The van der Waals surface area contributed by atoms with Crippen molar-refractivity contribution in [2.75, 3.05) is 25.7 Å². The molecule has 2 amide bonds. The third kappa shape index (κ3) is 11.4. The molecule has 0 aliphatic rings. The molecule has 4 aromatic carbocycles. The van der Waals surface area contributed by atoms with Crippen molar-refractivity contribution in [3.8, 4) is 0 Å². The number of nitrogens with one attached hydrogen (secondary N) is 2. The molecule has 0 aliphatic heterocycles. The Balaban J connectivity index is 1.93. The molecule has 0 saturated carbocycles. The van der Waals surface area contributed by atoms with Crippen LogP contribution in [0.5, 0.6) is 0 Å². The Hall–Kier alpha value is -4.36. The first-order valence-electron chi connectivity index (χ1n) is 19.2. The first kappa shape index (κ1) is 45.3. The summed E-state index contributed by atoms with van der Waals surface area (Å²) >= 11 is 0. The predicted molar refractivity (Wildman–Crippen MR) is 225 cm³/mol. The van der Waals surface area contributed by atoms with Crippen molar-refractivity contribution in [3.05, 3.63) is 144 Å². The summed E-state index contributed by atoms with van der Waals surface area (Å²) in [6.07, 6.45) is 2.17. The highest BCUT2D eigenvalue weighted by molar-refractivity contribution is 7.86. The van der Waals surface area contributed by atoms with E-state index in [0.717, 1.165) is 34.8 Å². The van der Waals surface area contributed by atoms with Gasteiger partial charge in [-0.2, -0.15) is 16.8 Å². The van der Waals surface area contributed by atoms with Crippen LogP contribution in [-0.2, 0) is 49.0 Å². The van der Waals surface area contributed by atoms with Gasteiger partial charge < -0.3 is 10.6 Å². The fourth-order valence-electron chi connectivity index (χ4n) is 7.91. The fraction of sp³-hybridized carbons (Fsp3) is 0.422. The number of amides is 2. The second-order valence-electron chi connectivity index (χ2n) is 16.2. The maximum Gasteiger partial charge on any atom is 0.264 e. The Labute approximate surface area is 340 Å². The summed E-state index contributed by atoms with van der Waals surface area (Å²) in [5, 5.41) is 6.35. The maximum atomic E-state index is 15.4. The van der Waals surface area contributed by atoms with Crippen molar-refractivity contribution in [3.63, 3.8) is 0 Å². The highest BCUT2D eigenvalue weighted by Crippen LogP contribution is 2.41. The standard InChI is InChI=1S/C45H58N2O8S2/c1-33(2)29-45(30-34(3)4,41(48)46-39(31-54-56(7,50)51)43(5,35-21-13-9-14-22-35)36-23-15-10-16-24-36)42(49)47-40(32-55-57(8,52)53)44(6,37-25-17-11-18-26-37)38-27-19-12-20-28-38/h9-28,33-34,39-40H,29-32H2,1-8H3,(H,46,48)(H,47,49)/t39-,40-/m1/s1. The van der Waals surface area contributed by atoms with Crippen LogP contribution in [0.4, 0.5) is 0 Å². The van der Waals surface area contributed by atoms with Crippen molar-refractivity contribution in [1.82, 2.24) is 10.6 Å². The first-order valence-corrected chi connectivity index (χ1v) is 22.9. The molecule has 308 valence electrons. The van der Waals surface area contributed by atoms with Crippen LogP contribution in [0, 0.1) is 17.3 Å². The topological polar surface area (TPSA) is 145 Å². The van der Waals surface area contributed by atoms with Gasteiger partial charge in [0.05, 0.1) is 37.8 Å². The summed E-state index contributed by atoms with van der Waals surface area (Å²) in [5.74, 6) is -1.51. The molecule has 12 heteroatoms. The van der Waals surface area contributed by atoms with Crippen LogP contribution in [0.2, 0.25) is 0 Å². The van der Waals surface area contributed by atoms with Crippen molar-refractivity contribution >= 4 is 32.1 Å². The molecule has 2 N–H and O–H groups in total. The summed E-state index contributed by atoms with van der Waals surface area (Å²) < 4.78 is 61.1. The van der Waals surface area contributed by atoms with Gasteiger partial charge in [0.1, 0.15) is 5.41 Å². The van der Waals surface area contributed by atoms with E-state index in [1.54, 1.807) is 0 Å². The normalized spacial score (nSPS) is 13.9. The molecule has 0 radical (unpaired) electrons. The number of benzene rings is 4. The minimum Gasteiger partial charge on any atom is -0.349 e. The second-order valence-corrected chi connectivity index (χ2v) is 19.5. The molecule has 0 spiro atoms. The number of rotatable bonds is 20. The average molecular weight is 819 g/mol. The highest BCUT2D eigenvalue weighted by Gasteiger charge is 2.51. The SMILES string of the molecule is CC(C)CC(CC(C)C)(C(=O)N[C@H](COS(C)(=O)=O)C(C)(c1ccccc1)c1ccccc1)C(=O)N[C@H](COS(C)(=O)=O)C(C)(c1ccccc1)c1ccccc1. The zero-order valence-corrected chi connectivity index (χ0v) is 35.9. The van der Waals surface area contributed by atoms with Crippen LogP contribution in [0.1, 0.15) is 76.6 Å². The van der Waals surface area contributed by atoms with Crippen molar-refractivity contribution in [1.29, 1.82) is 0 Å². The smallest absolute Gasteiger partial charge is 0.264 e. The Bertz CT molecular complexity index is 1890. The molecular formula is C45H58N2O8S2. The van der Waals surface area contributed by atoms with E-state index in [4.69, 9.17) is 8.37 Å². The Kier molecular flexibility index (Phi) is 15.1. The Morgan fingerprint density at radius 2 is 0.754 bits per heavy atom. The zero-order chi connectivity index (χ0) is 42.1. The summed E-state index contributed by atoms with van der Waals surface area (Å²) in [4.78, 5) is 30.8. The molecule has 2 atom stereocenters. The molecule has 0 fully saturated rings. The van der Waals surface area contributed by atoms with Gasteiger partial charge in [-0.05, 0) is 60.8 Å². The van der Waals surface area contributed by atoms with Gasteiger partial charge in [0.25, 0.3) is 20.2 Å². The largest absolute Gasteiger partial charge is 0.349 e. The van der Waals surface area contributed by atoms with E-state index in [1.165, 1.54) is 0 Å². The van der Waals surface area contributed by atoms with E-state index < -0.39 is 73.6 Å². The minimum absolute atomic E-state index is 0.128. The lowest BCUT2D eigenvalue weighted by atomic mass is 9.68. The molecule has 10 nitrogen and oxygen atoms in total. The predicted octanol–water partition coefficient (Wildman–Crippen LogP) is 7.00. The van der Waals surface area contributed by atoms with Crippen LogP contribution in [-0.4, -0.2) is 66.5 Å². The van der Waals surface area contributed by atoms with Crippen LogP contribution < -0.4 is 10.6 Å². The van der Waals surface area contributed by atoms with Gasteiger partial charge in [0, 0.05) is 10.8 Å². The summed E-state index contributed by atoms with van der Waals surface area (Å²) in [6.45, 7) is 10.7. The summed E-state index contributed by atoms with van der Waals surface area (Å²) in [6, 6.07) is 35.8. The first-order chi connectivity index (χ1) is 26.7. The molecule has 0 unspecified atom stereocenters. The molecule has 4 aromatic rings. The van der Waals surface area contributed by atoms with E-state index in [1.807, 2.05) is 163 Å². The number of hydrogen-bond donors (Lipinski definition) is 2. The van der Waals surface area contributed by atoms with Gasteiger partial charge in [-0.25, -0.2) is 0 Å². The highest BCUT2D eigenvalue weighted by atomic mass is 32.2. The number of carbonyl (C=O) groups excluding carboxylic acids is 2. The third-order valence-corrected chi connectivity index (χ3v) is 11.9. The monoisotopic (exact) mass is 818 g/mol. The Morgan fingerprint density at radius 1 is 0.509 bits per heavy atom. The van der Waals surface area contributed by atoms with E-state index in [2.05, 4.69) is 10.6 Å². The Morgan fingerprint density at radius 3 is 0.965 bits per heavy atom. The van der Waals surface area contributed by atoms with E-state index in [0.29, 0.717) is 0 Å². The van der Waals surface area contributed by atoms with Gasteiger partial charge in [-0.15, -0.1) is 0 Å². The number of hydrogen-bond acceptors (Lipinski definition) is 8.